The number of anilines is 2. The summed E-state index contributed by atoms with van der Waals surface area (Å²) in [5, 5.41) is 10.1. The standard InChI is InChI=1S/C11H21N5/c1-2-5-16-6-3-9(4-7-16)14-10-8-13-15-11(10)12/h8-9,14H,2-7H2,1H3,(H3,12,13,15). The average molecular weight is 223 g/mol. The number of hydrogen-bond donors (Lipinski definition) is 3. The Kier molecular flexibility index (Phi) is 3.66. The van der Waals surface area contributed by atoms with Crippen molar-refractivity contribution >= 4 is 11.5 Å². The van der Waals surface area contributed by atoms with Crippen molar-refractivity contribution in [2.45, 2.75) is 32.2 Å². The Morgan fingerprint density at radius 2 is 2.31 bits per heavy atom. The van der Waals surface area contributed by atoms with Gasteiger partial charge in [-0.25, -0.2) is 0 Å². The quantitative estimate of drug-likeness (QED) is 0.719. The summed E-state index contributed by atoms with van der Waals surface area (Å²) in [5.41, 5.74) is 6.68. The van der Waals surface area contributed by atoms with Gasteiger partial charge in [0.1, 0.15) is 5.82 Å². The smallest absolute Gasteiger partial charge is 0.142 e. The van der Waals surface area contributed by atoms with E-state index in [1.807, 2.05) is 0 Å². The molecule has 1 aliphatic rings. The fraction of sp³-hybridized carbons (Fsp3) is 0.727. The van der Waals surface area contributed by atoms with Crippen LogP contribution in [0.5, 0.6) is 0 Å². The Balaban J connectivity index is 1.79. The van der Waals surface area contributed by atoms with E-state index < -0.39 is 0 Å². The molecule has 0 aliphatic carbocycles. The van der Waals surface area contributed by atoms with E-state index in [0.717, 1.165) is 5.69 Å². The van der Waals surface area contributed by atoms with Crippen LogP contribution >= 0.6 is 0 Å². The highest BCUT2D eigenvalue weighted by molar-refractivity contribution is 5.60. The zero-order valence-electron chi connectivity index (χ0n) is 9.87. The van der Waals surface area contributed by atoms with Crippen molar-refractivity contribution < 1.29 is 0 Å². The number of hydrogen-bond acceptors (Lipinski definition) is 4. The second kappa shape index (κ2) is 5.21. The van der Waals surface area contributed by atoms with E-state index in [1.165, 1.54) is 38.9 Å². The van der Waals surface area contributed by atoms with E-state index in [2.05, 4.69) is 27.3 Å². The predicted molar refractivity (Wildman–Crippen MR) is 66.4 cm³/mol. The third kappa shape index (κ3) is 2.66. The molecule has 0 spiro atoms. The van der Waals surface area contributed by atoms with Crippen molar-refractivity contribution in [1.29, 1.82) is 0 Å². The zero-order chi connectivity index (χ0) is 11.4. The Bertz CT molecular complexity index is 314. The van der Waals surface area contributed by atoms with E-state index in [4.69, 9.17) is 5.73 Å². The molecule has 0 unspecified atom stereocenters. The summed E-state index contributed by atoms with van der Waals surface area (Å²) in [6, 6.07) is 0.535. The molecule has 1 aromatic rings. The fourth-order valence-electron chi connectivity index (χ4n) is 2.25. The van der Waals surface area contributed by atoms with Crippen LogP contribution in [-0.4, -0.2) is 40.8 Å². The van der Waals surface area contributed by atoms with Crippen molar-refractivity contribution in [3.63, 3.8) is 0 Å². The maximum absolute atomic E-state index is 5.74. The van der Waals surface area contributed by atoms with Crippen molar-refractivity contribution in [1.82, 2.24) is 15.1 Å². The largest absolute Gasteiger partial charge is 0.382 e. The Labute approximate surface area is 96.4 Å². The third-order valence-corrected chi connectivity index (χ3v) is 3.16. The molecule has 4 N–H and O–H groups in total. The van der Waals surface area contributed by atoms with Crippen LogP contribution in [0.4, 0.5) is 11.5 Å². The van der Waals surface area contributed by atoms with Crippen LogP contribution in [0.2, 0.25) is 0 Å². The molecule has 16 heavy (non-hydrogen) atoms. The van der Waals surface area contributed by atoms with Crippen molar-refractivity contribution in [3.05, 3.63) is 6.20 Å². The topological polar surface area (TPSA) is 70.0 Å². The molecule has 1 aromatic heterocycles. The zero-order valence-corrected chi connectivity index (χ0v) is 9.87. The van der Waals surface area contributed by atoms with Crippen molar-refractivity contribution in [3.8, 4) is 0 Å². The van der Waals surface area contributed by atoms with Gasteiger partial charge in [-0.15, -0.1) is 0 Å². The number of nitrogens with one attached hydrogen (secondary N) is 2. The van der Waals surface area contributed by atoms with E-state index in [1.54, 1.807) is 6.20 Å². The first-order valence-corrected chi connectivity index (χ1v) is 6.07. The number of piperidine rings is 1. The molecule has 2 rings (SSSR count). The SMILES string of the molecule is CCCN1CCC(Nc2cn[nH]c2N)CC1. The summed E-state index contributed by atoms with van der Waals surface area (Å²) in [4.78, 5) is 2.52. The number of aromatic nitrogens is 2. The highest BCUT2D eigenvalue weighted by Gasteiger charge is 2.19. The highest BCUT2D eigenvalue weighted by Crippen LogP contribution is 2.19. The molecule has 0 atom stereocenters. The lowest BCUT2D eigenvalue weighted by molar-refractivity contribution is 0.219. The molecular weight excluding hydrogens is 202 g/mol. The summed E-state index contributed by atoms with van der Waals surface area (Å²) in [5.74, 6) is 0.635. The molecular formula is C11H21N5. The highest BCUT2D eigenvalue weighted by atomic mass is 15.2. The van der Waals surface area contributed by atoms with Crippen LogP contribution < -0.4 is 11.1 Å². The molecule has 0 aromatic carbocycles. The maximum Gasteiger partial charge on any atom is 0.142 e. The number of H-pyrrole nitrogens is 1. The first-order valence-electron chi connectivity index (χ1n) is 6.07. The van der Waals surface area contributed by atoms with Gasteiger partial charge in [-0.2, -0.15) is 5.10 Å². The summed E-state index contributed by atoms with van der Waals surface area (Å²) in [6.45, 7) is 5.82. The summed E-state index contributed by atoms with van der Waals surface area (Å²) < 4.78 is 0. The molecule has 90 valence electrons. The van der Waals surface area contributed by atoms with Gasteiger partial charge in [0.15, 0.2) is 0 Å². The van der Waals surface area contributed by atoms with Gasteiger partial charge in [-0.1, -0.05) is 6.92 Å². The van der Waals surface area contributed by atoms with Gasteiger partial charge in [0.25, 0.3) is 0 Å². The van der Waals surface area contributed by atoms with Crippen LogP contribution in [0.15, 0.2) is 6.20 Å². The Hall–Kier alpha value is -1.23. The monoisotopic (exact) mass is 223 g/mol. The first-order chi connectivity index (χ1) is 7.79. The van der Waals surface area contributed by atoms with Crippen molar-refractivity contribution in [2.75, 3.05) is 30.7 Å². The van der Waals surface area contributed by atoms with Crippen LogP contribution in [-0.2, 0) is 0 Å². The number of likely N-dealkylation sites (tertiary alicyclic amines) is 1. The molecule has 5 heteroatoms. The first kappa shape index (κ1) is 11.3. The third-order valence-electron chi connectivity index (χ3n) is 3.16. The van der Waals surface area contributed by atoms with Gasteiger partial charge in [0, 0.05) is 19.1 Å². The maximum atomic E-state index is 5.74. The van der Waals surface area contributed by atoms with E-state index >= 15 is 0 Å². The number of rotatable bonds is 4. The van der Waals surface area contributed by atoms with E-state index in [0.29, 0.717) is 11.9 Å². The van der Waals surface area contributed by atoms with Gasteiger partial charge in [-0.05, 0) is 25.8 Å². The molecule has 0 bridgehead atoms. The molecule has 1 saturated heterocycles. The summed E-state index contributed by atoms with van der Waals surface area (Å²) in [7, 11) is 0. The lowest BCUT2D eigenvalue weighted by atomic mass is 10.0. The van der Waals surface area contributed by atoms with Crippen LogP contribution in [0.25, 0.3) is 0 Å². The van der Waals surface area contributed by atoms with Crippen LogP contribution in [0.3, 0.4) is 0 Å². The van der Waals surface area contributed by atoms with Gasteiger partial charge < -0.3 is 16.0 Å². The minimum Gasteiger partial charge on any atom is -0.382 e. The van der Waals surface area contributed by atoms with E-state index in [-0.39, 0.29) is 0 Å². The second-order valence-electron chi connectivity index (χ2n) is 4.46. The molecule has 0 saturated carbocycles. The molecule has 0 amide bonds. The number of aromatic amines is 1. The molecule has 2 heterocycles. The average Bonchev–Trinajstić information content (AvgIpc) is 2.68. The number of nitrogens with zero attached hydrogens (tertiary/aromatic N) is 2. The summed E-state index contributed by atoms with van der Waals surface area (Å²) in [6.07, 6.45) is 5.37. The Morgan fingerprint density at radius 1 is 1.56 bits per heavy atom. The van der Waals surface area contributed by atoms with E-state index in [9.17, 15) is 0 Å². The van der Waals surface area contributed by atoms with Crippen LogP contribution in [0, 0.1) is 0 Å². The molecule has 5 nitrogen and oxygen atoms in total. The predicted octanol–water partition coefficient (Wildman–Crippen LogP) is 1.28. The number of nitrogens with two attached hydrogens (primary N) is 1. The minimum absolute atomic E-state index is 0.535. The van der Waals surface area contributed by atoms with Gasteiger partial charge >= 0.3 is 0 Å². The molecule has 1 fully saturated rings. The number of nitrogen functional groups attached to an aromatic ring is 1. The lowest BCUT2D eigenvalue weighted by Gasteiger charge is -2.32. The summed E-state index contributed by atoms with van der Waals surface area (Å²) >= 11 is 0. The van der Waals surface area contributed by atoms with Gasteiger partial charge in [-0.3, -0.25) is 5.10 Å². The van der Waals surface area contributed by atoms with Gasteiger partial charge in [0.2, 0.25) is 0 Å². The second-order valence-corrected chi connectivity index (χ2v) is 4.46. The van der Waals surface area contributed by atoms with Crippen LogP contribution in [0.1, 0.15) is 26.2 Å². The van der Waals surface area contributed by atoms with Crippen molar-refractivity contribution in [2.24, 2.45) is 0 Å². The van der Waals surface area contributed by atoms with Gasteiger partial charge in [0.05, 0.1) is 11.9 Å². The fourth-order valence-corrected chi connectivity index (χ4v) is 2.25. The molecule has 1 aliphatic heterocycles. The minimum atomic E-state index is 0.535. The Morgan fingerprint density at radius 3 is 2.88 bits per heavy atom. The lowest BCUT2D eigenvalue weighted by Crippen LogP contribution is -2.39. The molecule has 0 radical (unpaired) electrons. The normalized spacial score (nSPS) is 18.8.